The average molecular weight is 326 g/mol. The van der Waals surface area contributed by atoms with Crippen LogP contribution < -0.4 is 10.6 Å². The summed E-state index contributed by atoms with van der Waals surface area (Å²) in [5.41, 5.74) is 0.989. The standard InChI is InChI=1S/C15H26N4O2S/c1-11(2)8-19-4-5-21-13(9-19)6-16-15(20)17-7-14-18-12(3)10-22-14/h10-11,13H,4-9H2,1-3H3,(H2,16,17,20)/t13-/m1/s1. The van der Waals surface area contributed by atoms with E-state index in [1.54, 1.807) is 11.3 Å². The minimum atomic E-state index is -0.169. The van der Waals surface area contributed by atoms with Crippen molar-refractivity contribution in [2.75, 3.05) is 32.8 Å². The Bertz CT molecular complexity index is 478. The maximum atomic E-state index is 11.8. The van der Waals surface area contributed by atoms with Crippen LogP contribution in [0.4, 0.5) is 4.79 Å². The quantitative estimate of drug-likeness (QED) is 0.833. The molecule has 1 fully saturated rings. The Balaban J connectivity index is 1.65. The number of aromatic nitrogens is 1. The lowest BCUT2D eigenvalue weighted by Crippen LogP contribution is -2.49. The van der Waals surface area contributed by atoms with E-state index in [1.807, 2.05) is 12.3 Å². The van der Waals surface area contributed by atoms with Gasteiger partial charge in [-0.15, -0.1) is 11.3 Å². The van der Waals surface area contributed by atoms with Crippen LogP contribution >= 0.6 is 11.3 Å². The maximum absolute atomic E-state index is 11.8. The summed E-state index contributed by atoms with van der Waals surface area (Å²) in [4.78, 5) is 18.5. The Morgan fingerprint density at radius 3 is 3.05 bits per heavy atom. The Morgan fingerprint density at radius 2 is 2.36 bits per heavy atom. The average Bonchev–Trinajstić information content (AvgIpc) is 2.88. The topological polar surface area (TPSA) is 66.5 Å². The number of amides is 2. The molecule has 124 valence electrons. The highest BCUT2D eigenvalue weighted by molar-refractivity contribution is 7.09. The Morgan fingerprint density at radius 1 is 1.55 bits per heavy atom. The number of nitrogens with one attached hydrogen (secondary N) is 2. The van der Waals surface area contributed by atoms with Crippen molar-refractivity contribution in [2.24, 2.45) is 5.92 Å². The molecule has 2 amide bonds. The number of aryl methyl sites for hydroxylation is 1. The van der Waals surface area contributed by atoms with Gasteiger partial charge in [0.2, 0.25) is 0 Å². The van der Waals surface area contributed by atoms with Crippen LogP contribution in [0.3, 0.4) is 0 Å². The van der Waals surface area contributed by atoms with Gasteiger partial charge >= 0.3 is 6.03 Å². The highest BCUT2D eigenvalue weighted by Gasteiger charge is 2.21. The molecule has 6 nitrogen and oxygen atoms in total. The van der Waals surface area contributed by atoms with E-state index in [9.17, 15) is 4.79 Å². The molecule has 22 heavy (non-hydrogen) atoms. The Kier molecular flexibility index (Phi) is 6.60. The van der Waals surface area contributed by atoms with Gasteiger partial charge in [0.1, 0.15) is 5.01 Å². The van der Waals surface area contributed by atoms with Crippen LogP contribution in [0.2, 0.25) is 0 Å². The number of carbonyl (C=O) groups excluding carboxylic acids is 1. The van der Waals surface area contributed by atoms with Crippen molar-refractivity contribution in [2.45, 2.75) is 33.4 Å². The van der Waals surface area contributed by atoms with Crippen molar-refractivity contribution in [3.8, 4) is 0 Å². The third kappa shape index (κ3) is 5.90. The van der Waals surface area contributed by atoms with E-state index in [-0.39, 0.29) is 12.1 Å². The minimum absolute atomic E-state index is 0.0698. The van der Waals surface area contributed by atoms with E-state index >= 15 is 0 Å². The van der Waals surface area contributed by atoms with Crippen LogP contribution in [0.5, 0.6) is 0 Å². The molecule has 0 radical (unpaired) electrons. The molecule has 1 aliphatic rings. The summed E-state index contributed by atoms with van der Waals surface area (Å²) in [6.45, 7) is 11.1. The van der Waals surface area contributed by atoms with E-state index in [4.69, 9.17) is 4.74 Å². The van der Waals surface area contributed by atoms with Crippen molar-refractivity contribution in [3.63, 3.8) is 0 Å². The number of urea groups is 1. The first kappa shape index (κ1) is 17.2. The first-order chi connectivity index (χ1) is 10.5. The molecule has 1 atom stereocenters. The number of morpholine rings is 1. The van der Waals surface area contributed by atoms with E-state index < -0.39 is 0 Å². The zero-order chi connectivity index (χ0) is 15.9. The minimum Gasteiger partial charge on any atom is -0.374 e. The fourth-order valence-electron chi connectivity index (χ4n) is 2.49. The number of hydrogen-bond donors (Lipinski definition) is 2. The van der Waals surface area contributed by atoms with Crippen LogP contribution in [0.25, 0.3) is 0 Å². The SMILES string of the molecule is Cc1csc(CNC(=O)NC[C@@H]2CN(CC(C)C)CCO2)n1. The largest absolute Gasteiger partial charge is 0.374 e. The first-order valence-corrected chi connectivity index (χ1v) is 8.67. The fourth-order valence-corrected chi connectivity index (χ4v) is 3.21. The number of thiazole rings is 1. The normalized spacial score (nSPS) is 19.4. The van der Waals surface area contributed by atoms with Gasteiger partial charge in [-0.3, -0.25) is 4.90 Å². The number of ether oxygens (including phenoxy) is 1. The third-order valence-corrected chi connectivity index (χ3v) is 4.37. The van der Waals surface area contributed by atoms with Crippen LogP contribution in [-0.2, 0) is 11.3 Å². The predicted molar refractivity (Wildman–Crippen MR) is 88.1 cm³/mol. The smallest absolute Gasteiger partial charge is 0.315 e. The van der Waals surface area contributed by atoms with Gasteiger partial charge in [0, 0.05) is 37.3 Å². The van der Waals surface area contributed by atoms with Crippen LogP contribution in [-0.4, -0.2) is 54.8 Å². The summed E-state index contributed by atoms with van der Waals surface area (Å²) in [6.07, 6.45) is 0.0698. The van der Waals surface area contributed by atoms with Gasteiger partial charge in [-0.05, 0) is 12.8 Å². The third-order valence-electron chi connectivity index (χ3n) is 3.40. The molecule has 1 aromatic heterocycles. The molecule has 1 saturated heterocycles. The molecule has 1 aliphatic heterocycles. The fraction of sp³-hybridized carbons (Fsp3) is 0.733. The van der Waals surface area contributed by atoms with Gasteiger partial charge in [0.25, 0.3) is 0 Å². The van der Waals surface area contributed by atoms with E-state index in [0.29, 0.717) is 19.0 Å². The second-order valence-corrected chi connectivity index (χ2v) is 7.04. The van der Waals surface area contributed by atoms with Crippen LogP contribution in [0, 0.1) is 12.8 Å². The second-order valence-electron chi connectivity index (χ2n) is 6.09. The summed E-state index contributed by atoms with van der Waals surface area (Å²) in [5, 5.41) is 8.60. The predicted octanol–water partition coefficient (Wildman–Crippen LogP) is 1.61. The lowest BCUT2D eigenvalue weighted by Gasteiger charge is -2.33. The first-order valence-electron chi connectivity index (χ1n) is 7.79. The Labute approximate surface area is 136 Å². The highest BCUT2D eigenvalue weighted by Crippen LogP contribution is 2.08. The zero-order valence-corrected chi connectivity index (χ0v) is 14.4. The van der Waals surface area contributed by atoms with E-state index in [2.05, 4.69) is 34.4 Å². The lowest BCUT2D eigenvalue weighted by molar-refractivity contribution is -0.0290. The molecular formula is C15H26N4O2S. The van der Waals surface area contributed by atoms with Crippen molar-refractivity contribution >= 4 is 17.4 Å². The van der Waals surface area contributed by atoms with Crippen LogP contribution in [0.1, 0.15) is 24.5 Å². The highest BCUT2D eigenvalue weighted by atomic mass is 32.1. The van der Waals surface area contributed by atoms with Crippen molar-refractivity contribution in [1.82, 2.24) is 20.5 Å². The number of hydrogen-bond acceptors (Lipinski definition) is 5. The zero-order valence-electron chi connectivity index (χ0n) is 13.6. The molecule has 0 unspecified atom stereocenters. The molecular weight excluding hydrogens is 300 g/mol. The lowest BCUT2D eigenvalue weighted by atomic mass is 10.2. The molecule has 0 aliphatic carbocycles. The molecule has 2 heterocycles. The van der Waals surface area contributed by atoms with Gasteiger partial charge in [-0.2, -0.15) is 0 Å². The van der Waals surface area contributed by atoms with Gasteiger partial charge in [0.15, 0.2) is 0 Å². The maximum Gasteiger partial charge on any atom is 0.315 e. The summed E-state index contributed by atoms with van der Waals surface area (Å²) in [5.74, 6) is 0.650. The van der Waals surface area contributed by atoms with Crippen molar-refractivity contribution in [3.05, 3.63) is 16.1 Å². The van der Waals surface area contributed by atoms with E-state index in [1.165, 1.54) is 0 Å². The van der Waals surface area contributed by atoms with E-state index in [0.717, 1.165) is 36.9 Å². The molecule has 1 aromatic rings. The molecule has 7 heteroatoms. The summed E-state index contributed by atoms with van der Waals surface area (Å²) < 4.78 is 5.71. The van der Waals surface area contributed by atoms with Crippen molar-refractivity contribution < 1.29 is 9.53 Å². The van der Waals surface area contributed by atoms with Gasteiger partial charge < -0.3 is 15.4 Å². The molecule has 0 aromatic carbocycles. The molecule has 0 spiro atoms. The van der Waals surface area contributed by atoms with Crippen molar-refractivity contribution in [1.29, 1.82) is 0 Å². The molecule has 0 bridgehead atoms. The second kappa shape index (κ2) is 8.45. The number of rotatable bonds is 6. The Hall–Kier alpha value is -1.18. The van der Waals surface area contributed by atoms with Gasteiger partial charge in [-0.25, -0.2) is 9.78 Å². The number of carbonyl (C=O) groups is 1. The summed E-state index contributed by atoms with van der Waals surface area (Å²) in [7, 11) is 0. The molecule has 2 N–H and O–H groups in total. The summed E-state index contributed by atoms with van der Waals surface area (Å²) in [6, 6.07) is -0.169. The molecule has 2 rings (SSSR count). The van der Waals surface area contributed by atoms with Gasteiger partial charge in [-0.1, -0.05) is 13.8 Å². The monoisotopic (exact) mass is 326 g/mol. The molecule has 0 saturated carbocycles. The van der Waals surface area contributed by atoms with Crippen LogP contribution in [0.15, 0.2) is 5.38 Å². The summed E-state index contributed by atoms with van der Waals surface area (Å²) >= 11 is 1.56. The van der Waals surface area contributed by atoms with Gasteiger partial charge in [0.05, 0.1) is 19.3 Å². The number of nitrogens with zero attached hydrogens (tertiary/aromatic N) is 2.